The Morgan fingerprint density at radius 1 is 1.39 bits per heavy atom. The lowest BCUT2D eigenvalue weighted by molar-refractivity contribution is 0.376. The number of halogens is 2. The summed E-state index contributed by atoms with van der Waals surface area (Å²) < 4.78 is 45.7. The van der Waals surface area contributed by atoms with Gasteiger partial charge < -0.3 is 4.52 Å². The zero-order valence-corrected chi connectivity index (χ0v) is 14.3. The molecule has 2 heterocycles. The van der Waals surface area contributed by atoms with Gasteiger partial charge in [-0.25, -0.2) is 12.8 Å². The first-order valence-electron chi connectivity index (χ1n) is 7.22. The second-order valence-corrected chi connectivity index (χ2v) is 7.89. The monoisotopic (exact) mass is 358 g/mol. The molecule has 0 aliphatic carbocycles. The molecule has 0 unspecified atom stereocenters. The quantitative estimate of drug-likeness (QED) is 0.840. The molecule has 0 spiro atoms. The van der Waals surface area contributed by atoms with Gasteiger partial charge in [-0.05, 0) is 44.9 Å². The van der Waals surface area contributed by atoms with Crippen LogP contribution in [0.15, 0.2) is 27.6 Å². The fourth-order valence-corrected chi connectivity index (χ4v) is 4.99. The van der Waals surface area contributed by atoms with E-state index in [1.165, 1.54) is 10.4 Å². The van der Waals surface area contributed by atoms with E-state index in [9.17, 15) is 12.8 Å². The Morgan fingerprint density at radius 3 is 2.74 bits per heavy atom. The first-order valence-corrected chi connectivity index (χ1v) is 9.04. The van der Waals surface area contributed by atoms with Gasteiger partial charge in [-0.3, -0.25) is 0 Å². The highest BCUT2D eigenvalue weighted by Crippen LogP contribution is 2.39. The minimum atomic E-state index is -3.77. The SMILES string of the molecule is Cc1noc(C)c1[C@H]1CCCN1S(=O)(=O)c1ccc(F)c(Cl)c1. The van der Waals surface area contributed by atoms with Gasteiger partial charge in [-0.2, -0.15) is 4.31 Å². The van der Waals surface area contributed by atoms with E-state index in [0.29, 0.717) is 24.4 Å². The summed E-state index contributed by atoms with van der Waals surface area (Å²) in [5.41, 5.74) is 1.49. The van der Waals surface area contributed by atoms with Crippen molar-refractivity contribution in [2.45, 2.75) is 37.6 Å². The number of aryl methyl sites for hydroxylation is 2. The van der Waals surface area contributed by atoms with Crippen molar-refractivity contribution in [3.63, 3.8) is 0 Å². The molecule has 1 atom stereocenters. The first-order chi connectivity index (χ1) is 10.8. The van der Waals surface area contributed by atoms with Gasteiger partial charge in [0.25, 0.3) is 0 Å². The van der Waals surface area contributed by atoms with E-state index in [1.54, 1.807) is 13.8 Å². The summed E-state index contributed by atoms with van der Waals surface area (Å²) in [4.78, 5) is -0.0115. The zero-order chi connectivity index (χ0) is 16.8. The maximum Gasteiger partial charge on any atom is 0.243 e. The van der Waals surface area contributed by atoms with Crippen LogP contribution in [0, 0.1) is 19.7 Å². The smallest absolute Gasteiger partial charge is 0.243 e. The van der Waals surface area contributed by atoms with Crippen molar-refractivity contribution < 1.29 is 17.3 Å². The Hall–Kier alpha value is -1.44. The maximum absolute atomic E-state index is 13.3. The standard InChI is InChI=1S/C15H16ClFN2O3S/c1-9-15(10(2)22-18-9)14-4-3-7-19(14)23(20,21)11-5-6-13(17)12(16)8-11/h5-6,8,14H,3-4,7H2,1-2H3/t14-/m1/s1. The van der Waals surface area contributed by atoms with E-state index in [2.05, 4.69) is 5.16 Å². The lowest BCUT2D eigenvalue weighted by Crippen LogP contribution is -2.31. The van der Waals surface area contributed by atoms with E-state index in [-0.39, 0.29) is 16.0 Å². The summed E-state index contributed by atoms with van der Waals surface area (Å²) in [6.07, 6.45) is 1.43. The van der Waals surface area contributed by atoms with Gasteiger partial charge in [0.05, 0.1) is 21.7 Å². The van der Waals surface area contributed by atoms with Crippen LogP contribution in [-0.4, -0.2) is 24.4 Å². The maximum atomic E-state index is 13.3. The summed E-state index contributed by atoms with van der Waals surface area (Å²) in [6, 6.07) is 3.12. The highest BCUT2D eigenvalue weighted by molar-refractivity contribution is 7.89. The van der Waals surface area contributed by atoms with Crippen molar-refractivity contribution in [1.29, 1.82) is 0 Å². The largest absolute Gasteiger partial charge is 0.361 e. The van der Waals surface area contributed by atoms with E-state index in [0.717, 1.165) is 24.1 Å². The van der Waals surface area contributed by atoms with E-state index < -0.39 is 15.8 Å². The van der Waals surface area contributed by atoms with Gasteiger partial charge in [0.15, 0.2) is 0 Å². The van der Waals surface area contributed by atoms with Crippen LogP contribution in [-0.2, 0) is 10.0 Å². The molecule has 1 aliphatic heterocycles. The van der Waals surface area contributed by atoms with Crippen molar-refractivity contribution in [2.24, 2.45) is 0 Å². The van der Waals surface area contributed by atoms with Gasteiger partial charge in [-0.15, -0.1) is 0 Å². The van der Waals surface area contributed by atoms with Gasteiger partial charge in [0, 0.05) is 12.1 Å². The van der Waals surface area contributed by atoms with Crippen molar-refractivity contribution in [1.82, 2.24) is 9.46 Å². The second kappa shape index (κ2) is 5.89. The molecule has 0 amide bonds. The molecule has 1 aromatic heterocycles. The van der Waals surface area contributed by atoms with Gasteiger partial charge >= 0.3 is 0 Å². The van der Waals surface area contributed by atoms with E-state index in [4.69, 9.17) is 16.1 Å². The molecule has 1 aliphatic rings. The molecule has 8 heteroatoms. The molecule has 124 valence electrons. The summed E-state index contributed by atoms with van der Waals surface area (Å²) in [5.74, 6) is -0.0268. The Kier molecular flexibility index (Phi) is 4.20. The second-order valence-electron chi connectivity index (χ2n) is 5.59. The molecule has 23 heavy (non-hydrogen) atoms. The lowest BCUT2D eigenvalue weighted by atomic mass is 10.0. The molecule has 5 nitrogen and oxygen atoms in total. The Balaban J connectivity index is 2.03. The normalized spacial score (nSPS) is 19.4. The van der Waals surface area contributed by atoms with Crippen molar-refractivity contribution in [3.05, 3.63) is 46.1 Å². The molecular formula is C15H16ClFN2O3S. The van der Waals surface area contributed by atoms with Crippen LogP contribution in [0.5, 0.6) is 0 Å². The van der Waals surface area contributed by atoms with Crippen LogP contribution in [0.2, 0.25) is 5.02 Å². The first kappa shape index (κ1) is 16.4. The number of sulfonamides is 1. The van der Waals surface area contributed by atoms with E-state index in [1.807, 2.05) is 0 Å². The average molecular weight is 359 g/mol. The highest BCUT2D eigenvalue weighted by Gasteiger charge is 2.39. The van der Waals surface area contributed by atoms with Crippen LogP contribution < -0.4 is 0 Å². The fraction of sp³-hybridized carbons (Fsp3) is 0.400. The van der Waals surface area contributed by atoms with Crippen LogP contribution in [0.25, 0.3) is 0 Å². The third kappa shape index (κ3) is 2.77. The number of hydrogen-bond donors (Lipinski definition) is 0. The van der Waals surface area contributed by atoms with Crippen molar-refractivity contribution >= 4 is 21.6 Å². The van der Waals surface area contributed by atoms with Crippen LogP contribution >= 0.6 is 11.6 Å². The Labute approximate surface area is 139 Å². The minimum Gasteiger partial charge on any atom is -0.361 e. The van der Waals surface area contributed by atoms with E-state index >= 15 is 0 Å². The summed E-state index contributed by atoms with van der Waals surface area (Å²) in [5, 5.41) is 3.70. The van der Waals surface area contributed by atoms with Crippen LogP contribution in [0.4, 0.5) is 4.39 Å². The summed E-state index contributed by atoms with van der Waals surface area (Å²) in [6.45, 7) is 3.96. The average Bonchev–Trinajstić information content (AvgIpc) is 3.09. The Bertz CT molecular complexity index is 831. The number of aromatic nitrogens is 1. The predicted molar refractivity (Wildman–Crippen MR) is 83.3 cm³/mol. The fourth-order valence-electron chi connectivity index (χ4n) is 3.05. The Morgan fingerprint density at radius 2 is 2.13 bits per heavy atom. The topological polar surface area (TPSA) is 63.4 Å². The van der Waals surface area contributed by atoms with Gasteiger partial charge in [-0.1, -0.05) is 16.8 Å². The third-order valence-electron chi connectivity index (χ3n) is 4.12. The molecule has 1 aromatic carbocycles. The third-order valence-corrected chi connectivity index (χ3v) is 6.32. The van der Waals surface area contributed by atoms with Crippen LogP contribution in [0.3, 0.4) is 0 Å². The molecular weight excluding hydrogens is 343 g/mol. The molecule has 1 fully saturated rings. The number of hydrogen-bond acceptors (Lipinski definition) is 4. The molecule has 0 bridgehead atoms. The summed E-state index contributed by atoms with van der Waals surface area (Å²) in [7, 11) is -3.77. The number of benzene rings is 1. The van der Waals surface area contributed by atoms with Gasteiger partial charge in [0.2, 0.25) is 10.0 Å². The lowest BCUT2D eigenvalue weighted by Gasteiger charge is -2.24. The number of nitrogens with zero attached hydrogens (tertiary/aromatic N) is 2. The zero-order valence-electron chi connectivity index (χ0n) is 12.7. The minimum absolute atomic E-state index is 0.0115. The molecule has 2 aromatic rings. The molecule has 1 saturated heterocycles. The van der Waals surface area contributed by atoms with Crippen molar-refractivity contribution in [3.8, 4) is 0 Å². The highest BCUT2D eigenvalue weighted by atomic mass is 35.5. The summed E-state index contributed by atoms with van der Waals surface area (Å²) >= 11 is 5.73. The molecule has 0 N–H and O–H groups in total. The van der Waals surface area contributed by atoms with Crippen LogP contribution in [0.1, 0.15) is 35.9 Å². The van der Waals surface area contributed by atoms with Crippen molar-refractivity contribution in [2.75, 3.05) is 6.54 Å². The molecule has 0 radical (unpaired) electrons. The van der Waals surface area contributed by atoms with Gasteiger partial charge in [0.1, 0.15) is 11.6 Å². The number of rotatable bonds is 3. The predicted octanol–water partition coefficient (Wildman–Crippen LogP) is 3.61. The molecule has 3 rings (SSSR count). The molecule has 0 saturated carbocycles.